The standard InChI is InChI=1S/C16H21N5O2/c1-3-23-11-13-8-20(10-14-4-5-19-21(14)9-13)16(22)15-7-17-12(2)6-18-15/h4-7,13H,3,8-11H2,1-2H3/t13-/m1/s1. The van der Waals surface area contributed by atoms with Crippen LogP contribution in [0.25, 0.3) is 0 Å². The van der Waals surface area contributed by atoms with Gasteiger partial charge in [-0.05, 0) is 19.9 Å². The third-order valence-electron chi connectivity index (χ3n) is 3.91. The minimum atomic E-state index is -0.103. The van der Waals surface area contributed by atoms with Crippen LogP contribution in [0.15, 0.2) is 24.7 Å². The van der Waals surface area contributed by atoms with Gasteiger partial charge in [0.1, 0.15) is 5.69 Å². The Hall–Kier alpha value is -2.28. The Labute approximate surface area is 135 Å². The molecule has 7 heteroatoms. The lowest BCUT2D eigenvalue weighted by Crippen LogP contribution is -2.35. The molecule has 0 unspecified atom stereocenters. The lowest BCUT2D eigenvalue weighted by Gasteiger charge is -2.23. The number of carbonyl (C=O) groups excluding carboxylic acids is 1. The molecular weight excluding hydrogens is 294 g/mol. The summed E-state index contributed by atoms with van der Waals surface area (Å²) in [5.41, 5.74) is 2.20. The molecule has 7 nitrogen and oxygen atoms in total. The van der Waals surface area contributed by atoms with Crippen LogP contribution in [-0.4, -0.2) is 50.3 Å². The SMILES string of the molecule is CCOC[C@@H]1CN(C(=O)c2cnc(C)cn2)Cc2ccnn2C1. The topological polar surface area (TPSA) is 73.1 Å². The van der Waals surface area contributed by atoms with Crippen molar-refractivity contribution in [1.29, 1.82) is 0 Å². The van der Waals surface area contributed by atoms with Gasteiger partial charge in [0, 0.05) is 38.0 Å². The number of fused-ring (bicyclic) bond motifs is 1. The number of aryl methyl sites for hydroxylation is 1. The molecule has 2 aromatic rings. The molecule has 0 aliphatic carbocycles. The Balaban J connectivity index is 1.82. The lowest BCUT2D eigenvalue weighted by atomic mass is 10.1. The summed E-state index contributed by atoms with van der Waals surface area (Å²) in [6.07, 6.45) is 4.93. The molecule has 0 radical (unpaired) electrons. The van der Waals surface area contributed by atoms with Crippen LogP contribution < -0.4 is 0 Å². The molecule has 122 valence electrons. The van der Waals surface area contributed by atoms with E-state index in [-0.39, 0.29) is 11.8 Å². The smallest absolute Gasteiger partial charge is 0.274 e. The normalized spacial score (nSPS) is 17.7. The summed E-state index contributed by atoms with van der Waals surface area (Å²) in [5, 5.41) is 4.35. The summed E-state index contributed by atoms with van der Waals surface area (Å²) >= 11 is 0. The van der Waals surface area contributed by atoms with Gasteiger partial charge < -0.3 is 9.64 Å². The first-order chi connectivity index (χ1) is 11.2. The first-order valence-electron chi connectivity index (χ1n) is 7.83. The average molecular weight is 315 g/mol. The van der Waals surface area contributed by atoms with E-state index in [0.29, 0.717) is 32.0 Å². The Morgan fingerprint density at radius 3 is 2.96 bits per heavy atom. The van der Waals surface area contributed by atoms with Crippen LogP contribution in [0.1, 0.15) is 28.8 Å². The van der Waals surface area contributed by atoms with Crippen LogP contribution in [0.2, 0.25) is 0 Å². The van der Waals surface area contributed by atoms with Gasteiger partial charge in [0.2, 0.25) is 0 Å². The zero-order chi connectivity index (χ0) is 16.2. The maximum absolute atomic E-state index is 12.8. The minimum Gasteiger partial charge on any atom is -0.381 e. The van der Waals surface area contributed by atoms with Crippen molar-refractivity contribution >= 4 is 5.91 Å². The van der Waals surface area contributed by atoms with E-state index in [1.165, 1.54) is 6.20 Å². The largest absolute Gasteiger partial charge is 0.381 e. The Kier molecular flexibility index (Phi) is 4.66. The second-order valence-electron chi connectivity index (χ2n) is 5.76. The summed E-state index contributed by atoms with van der Waals surface area (Å²) in [4.78, 5) is 23.0. The molecule has 0 fully saturated rings. The molecular formula is C16H21N5O2. The first-order valence-corrected chi connectivity index (χ1v) is 7.83. The molecule has 0 saturated heterocycles. The predicted octanol–water partition coefficient (Wildman–Crippen LogP) is 1.29. The fourth-order valence-corrected chi connectivity index (χ4v) is 2.74. The van der Waals surface area contributed by atoms with Gasteiger partial charge in [0.25, 0.3) is 5.91 Å². The highest BCUT2D eigenvalue weighted by molar-refractivity contribution is 5.92. The molecule has 1 aliphatic rings. The highest BCUT2D eigenvalue weighted by Gasteiger charge is 2.27. The highest BCUT2D eigenvalue weighted by Crippen LogP contribution is 2.18. The van der Waals surface area contributed by atoms with E-state index >= 15 is 0 Å². The van der Waals surface area contributed by atoms with E-state index in [1.807, 2.05) is 29.5 Å². The van der Waals surface area contributed by atoms with Crippen molar-refractivity contribution in [1.82, 2.24) is 24.6 Å². The van der Waals surface area contributed by atoms with Crippen molar-refractivity contribution in [3.05, 3.63) is 41.7 Å². The molecule has 1 amide bonds. The van der Waals surface area contributed by atoms with E-state index in [1.54, 1.807) is 12.4 Å². The van der Waals surface area contributed by atoms with Crippen LogP contribution in [-0.2, 0) is 17.8 Å². The fraction of sp³-hybridized carbons (Fsp3) is 0.500. The summed E-state index contributed by atoms with van der Waals surface area (Å²) in [6.45, 7) is 7.00. The molecule has 1 aliphatic heterocycles. The van der Waals surface area contributed by atoms with E-state index in [0.717, 1.165) is 17.9 Å². The predicted molar refractivity (Wildman–Crippen MR) is 83.7 cm³/mol. The molecule has 3 heterocycles. The maximum Gasteiger partial charge on any atom is 0.274 e. The van der Waals surface area contributed by atoms with Gasteiger partial charge >= 0.3 is 0 Å². The van der Waals surface area contributed by atoms with Crippen molar-refractivity contribution in [2.75, 3.05) is 19.8 Å². The second kappa shape index (κ2) is 6.87. The molecule has 3 rings (SSSR count). The van der Waals surface area contributed by atoms with Crippen LogP contribution in [0.3, 0.4) is 0 Å². The van der Waals surface area contributed by atoms with Crippen molar-refractivity contribution in [3.63, 3.8) is 0 Å². The van der Waals surface area contributed by atoms with E-state index in [4.69, 9.17) is 4.74 Å². The number of amides is 1. The maximum atomic E-state index is 12.8. The molecule has 0 N–H and O–H groups in total. The van der Waals surface area contributed by atoms with Crippen molar-refractivity contribution in [2.45, 2.75) is 26.9 Å². The molecule has 0 spiro atoms. The van der Waals surface area contributed by atoms with Gasteiger partial charge in [-0.1, -0.05) is 0 Å². The fourth-order valence-electron chi connectivity index (χ4n) is 2.74. The minimum absolute atomic E-state index is 0.103. The average Bonchev–Trinajstić information content (AvgIpc) is 2.91. The van der Waals surface area contributed by atoms with Gasteiger partial charge in [0.05, 0.1) is 30.7 Å². The Morgan fingerprint density at radius 2 is 2.22 bits per heavy atom. The van der Waals surface area contributed by atoms with Gasteiger partial charge in [-0.2, -0.15) is 5.10 Å². The van der Waals surface area contributed by atoms with Gasteiger partial charge in [-0.15, -0.1) is 0 Å². The van der Waals surface area contributed by atoms with Gasteiger partial charge in [-0.25, -0.2) is 4.98 Å². The third-order valence-corrected chi connectivity index (χ3v) is 3.91. The highest BCUT2D eigenvalue weighted by atomic mass is 16.5. The Morgan fingerprint density at radius 1 is 1.35 bits per heavy atom. The zero-order valence-corrected chi connectivity index (χ0v) is 13.5. The van der Waals surface area contributed by atoms with E-state index < -0.39 is 0 Å². The van der Waals surface area contributed by atoms with Crippen molar-refractivity contribution in [2.24, 2.45) is 5.92 Å². The molecule has 2 aromatic heterocycles. The number of aromatic nitrogens is 4. The van der Waals surface area contributed by atoms with E-state index in [2.05, 4.69) is 15.1 Å². The van der Waals surface area contributed by atoms with Crippen LogP contribution in [0.4, 0.5) is 0 Å². The summed E-state index contributed by atoms with van der Waals surface area (Å²) in [7, 11) is 0. The molecule has 0 bridgehead atoms. The number of hydrogen-bond donors (Lipinski definition) is 0. The lowest BCUT2D eigenvalue weighted by molar-refractivity contribution is 0.0612. The van der Waals surface area contributed by atoms with Crippen LogP contribution in [0, 0.1) is 12.8 Å². The summed E-state index contributed by atoms with van der Waals surface area (Å²) in [6, 6.07) is 1.95. The number of nitrogens with zero attached hydrogens (tertiary/aromatic N) is 5. The Bertz CT molecular complexity index is 667. The van der Waals surface area contributed by atoms with Crippen LogP contribution in [0.5, 0.6) is 0 Å². The molecule has 1 atom stereocenters. The number of ether oxygens (including phenoxy) is 1. The van der Waals surface area contributed by atoms with Gasteiger partial charge in [0.15, 0.2) is 0 Å². The molecule has 0 saturated carbocycles. The molecule has 0 aromatic carbocycles. The van der Waals surface area contributed by atoms with E-state index in [9.17, 15) is 4.79 Å². The summed E-state index contributed by atoms with van der Waals surface area (Å²) in [5.74, 6) is 0.104. The number of hydrogen-bond acceptors (Lipinski definition) is 5. The molecule has 23 heavy (non-hydrogen) atoms. The number of rotatable bonds is 4. The third kappa shape index (κ3) is 3.56. The quantitative estimate of drug-likeness (QED) is 0.850. The zero-order valence-electron chi connectivity index (χ0n) is 13.5. The summed E-state index contributed by atoms with van der Waals surface area (Å²) < 4.78 is 7.52. The number of carbonyl (C=O) groups is 1. The van der Waals surface area contributed by atoms with Crippen molar-refractivity contribution in [3.8, 4) is 0 Å². The van der Waals surface area contributed by atoms with Gasteiger partial charge in [-0.3, -0.25) is 14.5 Å². The second-order valence-corrected chi connectivity index (χ2v) is 5.76. The van der Waals surface area contributed by atoms with Crippen molar-refractivity contribution < 1.29 is 9.53 Å². The first kappa shape index (κ1) is 15.6. The van der Waals surface area contributed by atoms with Crippen LogP contribution >= 0.6 is 0 Å². The monoisotopic (exact) mass is 315 g/mol.